The van der Waals surface area contributed by atoms with Crippen LogP contribution < -0.4 is 14.6 Å². The van der Waals surface area contributed by atoms with Gasteiger partial charge in [0.15, 0.2) is 0 Å². The van der Waals surface area contributed by atoms with Crippen LogP contribution in [0.3, 0.4) is 0 Å². The number of H-pyrrole nitrogens is 1. The van der Waals surface area contributed by atoms with Crippen LogP contribution in [-0.4, -0.2) is 45.4 Å². The molecule has 0 atom stereocenters. The fraction of sp³-hybridized carbons (Fsp3) is 0.217. The van der Waals surface area contributed by atoms with Crippen molar-refractivity contribution < 1.29 is 18.2 Å². The zero-order valence-electron chi connectivity index (χ0n) is 17.3. The average Bonchev–Trinajstić information content (AvgIpc) is 2.80. The summed E-state index contributed by atoms with van der Waals surface area (Å²) in [5.74, 6) is 0.990. The Morgan fingerprint density at radius 2 is 1.58 bits per heavy atom. The second-order valence-electron chi connectivity index (χ2n) is 7.52. The van der Waals surface area contributed by atoms with Crippen molar-refractivity contribution in [1.82, 2.24) is 4.90 Å². The summed E-state index contributed by atoms with van der Waals surface area (Å²) in [6.07, 6.45) is 1.89. The lowest BCUT2D eigenvalue weighted by atomic mass is 10.1. The minimum atomic E-state index is -3.67. The number of nitrogens with zero attached hydrogens (tertiary/aromatic N) is 2. The summed E-state index contributed by atoms with van der Waals surface area (Å²) in [7, 11) is -3.67. The fourth-order valence-corrected chi connectivity index (χ4v) is 4.58. The molecule has 1 fully saturated rings. The zero-order chi connectivity index (χ0) is 21.8. The molecule has 0 unspecified atom stereocenters. The van der Waals surface area contributed by atoms with Gasteiger partial charge in [0.1, 0.15) is 13.1 Å². The Balaban J connectivity index is 1.38. The molecule has 0 radical (unpaired) electrons. The number of anilines is 2. The number of aromatic amines is 1. The Hall–Kier alpha value is -3.39. The molecule has 3 aromatic rings. The third kappa shape index (κ3) is 4.86. The predicted octanol–water partition coefficient (Wildman–Crippen LogP) is 2.57. The van der Waals surface area contributed by atoms with E-state index < -0.39 is 10.0 Å². The number of sulfonamides is 1. The molecule has 0 aliphatic carbocycles. The minimum Gasteiger partial charge on any atom is -0.331 e. The van der Waals surface area contributed by atoms with Crippen LogP contribution in [0.1, 0.15) is 15.9 Å². The number of pyridine rings is 1. The van der Waals surface area contributed by atoms with Gasteiger partial charge < -0.3 is 4.90 Å². The first kappa shape index (κ1) is 20.9. The van der Waals surface area contributed by atoms with Crippen LogP contribution in [-0.2, 0) is 10.0 Å². The number of aromatic nitrogens is 1. The standard InChI is InChI=1S/C23H24N4O3S/c1-18-5-11-21(12-6-18)31(29,30)25-20-9-7-19(8-10-20)23(28)27-16-14-26(15-17-27)22-4-2-3-13-24-22/h2-13,25H,14-17H2,1H3/p+1. The molecular weight excluding hydrogens is 412 g/mol. The molecule has 1 aliphatic heterocycles. The molecule has 1 aliphatic rings. The Kier molecular flexibility index (Phi) is 5.90. The highest BCUT2D eigenvalue weighted by molar-refractivity contribution is 7.92. The van der Waals surface area contributed by atoms with Crippen molar-refractivity contribution >= 4 is 27.4 Å². The van der Waals surface area contributed by atoms with Gasteiger partial charge in [-0.25, -0.2) is 13.4 Å². The molecule has 1 saturated heterocycles. The lowest BCUT2D eigenvalue weighted by Crippen LogP contribution is -2.50. The molecule has 1 amide bonds. The maximum Gasteiger partial charge on any atom is 0.274 e. The summed E-state index contributed by atoms with van der Waals surface area (Å²) in [4.78, 5) is 20.3. The summed E-state index contributed by atoms with van der Waals surface area (Å²) < 4.78 is 27.6. The SMILES string of the molecule is Cc1ccc(S(=O)(=O)Nc2ccc(C(=O)N3CCN(c4cccc[nH+]4)CC3)cc2)cc1. The third-order valence-electron chi connectivity index (χ3n) is 5.32. The van der Waals surface area contributed by atoms with Crippen molar-refractivity contribution in [2.75, 3.05) is 35.8 Å². The van der Waals surface area contributed by atoms with Crippen LogP contribution in [0.15, 0.2) is 77.8 Å². The van der Waals surface area contributed by atoms with Crippen LogP contribution in [0.4, 0.5) is 11.5 Å². The number of hydrogen-bond donors (Lipinski definition) is 1. The van der Waals surface area contributed by atoms with Gasteiger partial charge in [0, 0.05) is 17.3 Å². The van der Waals surface area contributed by atoms with E-state index >= 15 is 0 Å². The van der Waals surface area contributed by atoms with Gasteiger partial charge in [-0.2, -0.15) is 0 Å². The Bertz CT molecular complexity index is 1140. The largest absolute Gasteiger partial charge is 0.331 e. The smallest absolute Gasteiger partial charge is 0.274 e. The number of nitrogens with one attached hydrogen (secondary N) is 2. The van der Waals surface area contributed by atoms with Gasteiger partial charge in [0.05, 0.1) is 24.2 Å². The summed E-state index contributed by atoms with van der Waals surface area (Å²) in [6.45, 7) is 4.66. The van der Waals surface area contributed by atoms with E-state index in [1.807, 2.05) is 36.2 Å². The molecule has 1 aromatic heterocycles. The quantitative estimate of drug-likeness (QED) is 0.665. The van der Waals surface area contributed by atoms with Gasteiger partial charge in [-0.15, -0.1) is 0 Å². The van der Waals surface area contributed by atoms with Crippen molar-refractivity contribution in [3.8, 4) is 0 Å². The van der Waals surface area contributed by atoms with E-state index in [-0.39, 0.29) is 10.8 Å². The molecule has 4 rings (SSSR count). The van der Waals surface area contributed by atoms with E-state index in [0.717, 1.165) is 24.5 Å². The number of hydrogen-bond acceptors (Lipinski definition) is 4. The lowest BCUT2D eigenvalue weighted by Gasteiger charge is -2.31. The summed E-state index contributed by atoms with van der Waals surface area (Å²) in [5.41, 5.74) is 1.95. The Labute approximate surface area is 182 Å². The second-order valence-corrected chi connectivity index (χ2v) is 9.21. The predicted molar refractivity (Wildman–Crippen MR) is 120 cm³/mol. The van der Waals surface area contributed by atoms with Gasteiger partial charge in [-0.05, 0) is 49.4 Å². The van der Waals surface area contributed by atoms with E-state index in [1.54, 1.807) is 48.5 Å². The van der Waals surface area contributed by atoms with Crippen molar-refractivity contribution in [2.24, 2.45) is 0 Å². The van der Waals surface area contributed by atoms with Crippen LogP contribution in [0, 0.1) is 6.92 Å². The minimum absolute atomic E-state index is 0.0513. The second kappa shape index (κ2) is 8.77. The van der Waals surface area contributed by atoms with Gasteiger partial charge in [-0.3, -0.25) is 14.4 Å². The molecule has 160 valence electrons. The maximum atomic E-state index is 12.9. The zero-order valence-corrected chi connectivity index (χ0v) is 18.1. The topological polar surface area (TPSA) is 83.9 Å². The number of amides is 1. The number of benzene rings is 2. The number of carbonyl (C=O) groups is 1. The first-order valence-corrected chi connectivity index (χ1v) is 11.6. The highest BCUT2D eigenvalue weighted by Crippen LogP contribution is 2.19. The molecule has 2 aromatic carbocycles. The number of piperazine rings is 1. The van der Waals surface area contributed by atoms with Crippen molar-refractivity contribution in [3.63, 3.8) is 0 Å². The maximum absolute atomic E-state index is 12.9. The number of carbonyl (C=O) groups excluding carboxylic acids is 1. The van der Waals surface area contributed by atoms with Crippen molar-refractivity contribution in [3.05, 3.63) is 84.1 Å². The monoisotopic (exact) mass is 437 g/mol. The van der Waals surface area contributed by atoms with E-state index in [0.29, 0.717) is 24.3 Å². The number of aryl methyl sites for hydroxylation is 1. The lowest BCUT2D eigenvalue weighted by molar-refractivity contribution is -0.364. The van der Waals surface area contributed by atoms with Gasteiger partial charge in [-0.1, -0.05) is 23.8 Å². The van der Waals surface area contributed by atoms with Crippen LogP contribution in [0.5, 0.6) is 0 Å². The molecule has 2 heterocycles. The van der Waals surface area contributed by atoms with E-state index in [2.05, 4.69) is 14.6 Å². The molecule has 0 saturated carbocycles. The molecule has 7 nitrogen and oxygen atoms in total. The Morgan fingerprint density at radius 1 is 0.903 bits per heavy atom. The van der Waals surface area contributed by atoms with Crippen molar-refractivity contribution in [1.29, 1.82) is 0 Å². The van der Waals surface area contributed by atoms with Crippen LogP contribution in [0.25, 0.3) is 0 Å². The van der Waals surface area contributed by atoms with E-state index in [4.69, 9.17) is 0 Å². The molecule has 2 N–H and O–H groups in total. The fourth-order valence-electron chi connectivity index (χ4n) is 3.53. The third-order valence-corrected chi connectivity index (χ3v) is 6.71. The van der Waals surface area contributed by atoms with E-state index in [1.165, 1.54) is 0 Å². The summed E-state index contributed by atoms with van der Waals surface area (Å²) >= 11 is 0. The van der Waals surface area contributed by atoms with E-state index in [9.17, 15) is 13.2 Å². The molecule has 8 heteroatoms. The number of rotatable bonds is 5. The first-order chi connectivity index (χ1) is 14.9. The average molecular weight is 438 g/mol. The summed E-state index contributed by atoms with van der Waals surface area (Å²) in [5, 5.41) is 0. The van der Waals surface area contributed by atoms with Gasteiger partial charge in [0.25, 0.3) is 21.7 Å². The highest BCUT2D eigenvalue weighted by atomic mass is 32.2. The van der Waals surface area contributed by atoms with Gasteiger partial charge >= 0.3 is 0 Å². The molecule has 0 spiro atoms. The molecule has 31 heavy (non-hydrogen) atoms. The highest BCUT2D eigenvalue weighted by Gasteiger charge is 2.26. The first-order valence-electron chi connectivity index (χ1n) is 10.1. The van der Waals surface area contributed by atoms with Gasteiger partial charge in [0.2, 0.25) is 0 Å². The summed E-state index contributed by atoms with van der Waals surface area (Å²) in [6, 6.07) is 19.2. The Morgan fingerprint density at radius 3 is 2.19 bits per heavy atom. The molecular formula is C23H25N4O3S+. The molecule has 0 bridgehead atoms. The van der Waals surface area contributed by atoms with Crippen LogP contribution in [0.2, 0.25) is 0 Å². The van der Waals surface area contributed by atoms with Crippen molar-refractivity contribution in [2.45, 2.75) is 11.8 Å². The normalized spacial score (nSPS) is 14.4. The van der Waals surface area contributed by atoms with Crippen LogP contribution >= 0.6 is 0 Å².